The van der Waals surface area contributed by atoms with E-state index in [2.05, 4.69) is 0 Å². The van der Waals surface area contributed by atoms with Crippen LogP contribution in [0.25, 0.3) is 0 Å². The van der Waals surface area contributed by atoms with Crippen molar-refractivity contribution in [2.45, 2.75) is 6.43 Å². The van der Waals surface area contributed by atoms with Gasteiger partial charge in [0.2, 0.25) is 0 Å². The van der Waals surface area contributed by atoms with Gasteiger partial charge in [0.25, 0.3) is 6.43 Å². The maximum absolute atomic E-state index is 12.5. The summed E-state index contributed by atoms with van der Waals surface area (Å²) in [4.78, 5) is 0. The molecule has 0 unspecified atom stereocenters. The van der Waals surface area contributed by atoms with Crippen molar-refractivity contribution in [3.63, 3.8) is 0 Å². The second kappa shape index (κ2) is 3.00. The maximum Gasteiger partial charge on any atom is 0.269 e. The predicted octanol–water partition coefficient (Wildman–Crippen LogP) is 2.61. The molecule has 12 heavy (non-hydrogen) atoms. The van der Waals surface area contributed by atoms with Gasteiger partial charge < -0.3 is 5.11 Å². The zero-order chi connectivity index (χ0) is 9.30. The number of alkyl halides is 2. The summed E-state index contributed by atoms with van der Waals surface area (Å²) in [5, 5.41) is 8.58. The molecule has 0 amide bonds. The third kappa shape index (κ3) is 1.49. The summed E-state index contributed by atoms with van der Waals surface area (Å²) < 4.78 is 48.7. The minimum absolute atomic E-state index is 0.435. The number of benzene rings is 1. The van der Waals surface area contributed by atoms with Crippen LogP contribution in [0.5, 0.6) is 5.75 Å². The first kappa shape index (κ1) is 8.83. The highest BCUT2D eigenvalue weighted by Gasteiger charge is 2.19. The molecule has 0 bridgehead atoms. The Labute approximate surface area is 65.3 Å². The molecule has 0 aromatic heterocycles. The Morgan fingerprint density at radius 3 is 1.83 bits per heavy atom. The van der Waals surface area contributed by atoms with Gasteiger partial charge in [0.1, 0.15) is 17.4 Å². The van der Waals surface area contributed by atoms with Crippen LogP contribution >= 0.6 is 0 Å². The van der Waals surface area contributed by atoms with E-state index in [9.17, 15) is 17.6 Å². The first-order valence-corrected chi connectivity index (χ1v) is 2.98. The molecule has 1 aromatic rings. The zero-order valence-corrected chi connectivity index (χ0v) is 5.69. The van der Waals surface area contributed by atoms with Crippen molar-refractivity contribution in [1.29, 1.82) is 0 Å². The summed E-state index contributed by atoms with van der Waals surface area (Å²) in [7, 11) is 0. The van der Waals surface area contributed by atoms with Crippen LogP contribution in [0.1, 0.15) is 12.0 Å². The molecule has 0 spiro atoms. The number of hydrogen-bond donors (Lipinski definition) is 1. The van der Waals surface area contributed by atoms with Gasteiger partial charge in [0.15, 0.2) is 0 Å². The molecule has 0 atom stereocenters. The predicted molar refractivity (Wildman–Crippen MR) is 33.0 cm³/mol. The van der Waals surface area contributed by atoms with Gasteiger partial charge >= 0.3 is 0 Å². The molecule has 66 valence electrons. The van der Waals surface area contributed by atoms with Crippen molar-refractivity contribution >= 4 is 0 Å². The lowest BCUT2D eigenvalue weighted by Gasteiger charge is -2.03. The molecular weight excluding hydrogens is 176 g/mol. The number of phenolic OH excluding ortho intramolecular Hbond substituents is 1. The van der Waals surface area contributed by atoms with Crippen LogP contribution in [0.3, 0.4) is 0 Å². The fourth-order valence-corrected chi connectivity index (χ4v) is 0.779. The van der Waals surface area contributed by atoms with Gasteiger partial charge in [-0.1, -0.05) is 0 Å². The number of hydrogen-bond acceptors (Lipinski definition) is 1. The van der Waals surface area contributed by atoms with E-state index in [-0.39, 0.29) is 0 Å². The Morgan fingerprint density at radius 2 is 1.50 bits per heavy atom. The third-order valence-electron chi connectivity index (χ3n) is 1.28. The van der Waals surface area contributed by atoms with Crippen LogP contribution in [-0.4, -0.2) is 5.11 Å². The largest absolute Gasteiger partial charge is 0.508 e. The molecular formula is C7H4F4O. The van der Waals surface area contributed by atoms with Crippen molar-refractivity contribution in [2.24, 2.45) is 0 Å². The lowest BCUT2D eigenvalue weighted by molar-refractivity contribution is 0.140. The molecule has 0 heterocycles. The number of aromatic hydroxyl groups is 1. The second-order valence-corrected chi connectivity index (χ2v) is 2.12. The monoisotopic (exact) mass is 180 g/mol. The van der Waals surface area contributed by atoms with E-state index in [4.69, 9.17) is 5.11 Å². The first-order chi connectivity index (χ1) is 5.52. The molecule has 0 saturated carbocycles. The molecule has 1 rings (SSSR count). The minimum Gasteiger partial charge on any atom is -0.508 e. The average molecular weight is 180 g/mol. The van der Waals surface area contributed by atoms with Gasteiger partial charge in [-0.05, 0) is 0 Å². The number of rotatable bonds is 1. The molecule has 0 aliphatic rings. The van der Waals surface area contributed by atoms with Gasteiger partial charge in [0, 0.05) is 12.1 Å². The smallest absolute Gasteiger partial charge is 0.269 e. The average Bonchev–Trinajstić information content (AvgIpc) is 1.82. The zero-order valence-electron chi connectivity index (χ0n) is 5.69. The van der Waals surface area contributed by atoms with Gasteiger partial charge in [0.05, 0.1) is 5.56 Å². The normalized spacial score (nSPS) is 10.8. The highest BCUT2D eigenvalue weighted by atomic mass is 19.3. The van der Waals surface area contributed by atoms with E-state index in [0.717, 1.165) is 0 Å². The summed E-state index contributed by atoms with van der Waals surface area (Å²) in [5.41, 5.74) is -1.31. The lowest BCUT2D eigenvalue weighted by atomic mass is 10.2. The van der Waals surface area contributed by atoms with Gasteiger partial charge in [-0.25, -0.2) is 17.6 Å². The maximum atomic E-state index is 12.5. The van der Waals surface area contributed by atoms with Crippen LogP contribution < -0.4 is 0 Å². The fourth-order valence-electron chi connectivity index (χ4n) is 0.779. The van der Waals surface area contributed by atoms with E-state index < -0.39 is 29.4 Å². The van der Waals surface area contributed by atoms with Crippen molar-refractivity contribution in [3.05, 3.63) is 29.3 Å². The van der Waals surface area contributed by atoms with Crippen LogP contribution in [0.4, 0.5) is 17.6 Å². The van der Waals surface area contributed by atoms with Gasteiger partial charge in [-0.15, -0.1) is 0 Å². The Balaban J connectivity index is 3.28. The summed E-state index contributed by atoms with van der Waals surface area (Å²) >= 11 is 0. The van der Waals surface area contributed by atoms with Crippen LogP contribution in [0.15, 0.2) is 12.1 Å². The quantitative estimate of drug-likeness (QED) is 0.658. The van der Waals surface area contributed by atoms with E-state index in [1.807, 2.05) is 0 Å². The third-order valence-corrected chi connectivity index (χ3v) is 1.28. The minimum atomic E-state index is -3.22. The van der Waals surface area contributed by atoms with E-state index in [1.54, 1.807) is 0 Å². The standard InChI is InChI=1S/C7H4F4O/c8-4-1-3(12)2-5(9)6(4)7(10)11/h1-2,7,12H. The van der Waals surface area contributed by atoms with Crippen LogP contribution in [0, 0.1) is 11.6 Å². The Bertz CT molecular complexity index is 274. The van der Waals surface area contributed by atoms with E-state index in [1.165, 1.54) is 0 Å². The highest BCUT2D eigenvalue weighted by Crippen LogP contribution is 2.27. The van der Waals surface area contributed by atoms with Crippen molar-refractivity contribution in [2.75, 3.05) is 0 Å². The summed E-state index contributed by atoms with van der Waals surface area (Å²) in [6.07, 6.45) is -3.22. The summed E-state index contributed by atoms with van der Waals surface area (Å²) in [6, 6.07) is 0.870. The van der Waals surface area contributed by atoms with Crippen molar-refractivity contribution in [3.8, 4) is 5.75 Å². The molecule has 1 N–H and O–H groups in total. The van der Waals surface area contributed by atoms with Crippen LogP contribution in [0.2, 0.25) is 0 Å². The molecule has 0 radical (unpaired) electrons. The molecule has 0 saturated heterocycles. The summed E-state index contributed by atoms with van der Waals surface area (Å²) in [6.45, 7) is 0. The molecule has 0 aliphatic carbocycles. The second-order valence-electron chi connectivity index (χ2n) is 2.12. The first-order valence-electron chi connectivity index (χ1n) is 2.98. The molecule has 5 heteroatoms. The number of halogens is 4. The topological polar surface area (TPSA) is 20.2 Å². The molecule has 0 fully saturated rings. The molecule has 1 aromatic carbocycles. The van der Waals surface area contributed by atoms with E-state index in [0.29, 0.717) is 12.1 Å². The van der Waals surface area contributed by atoms with Crippen molar-refractivity contribution < 1.29 is 22.7 Å². The number of phenols is 1. The Morgan fingerprint density at radius 1 is 1.08 bits per heavy atom. The van der Waals surface area contributed by atoms with Gasteiger partial charge in [-0.3, -0.25) is 0 Å². The molecule has 1 nitrogen and oxygen atoms in total. The molecule has 0 aliphatic heterocycles. The SMILES string of the molecule is Oc1cc(F)c(C(F)F)c(F)c1. The van der Waals surface area contributed by atoms with Gasteiger partial charge in [-0.2, -0.15) is 0 Å². The Kier molecular flexibility index (Phi) is 2.21. The Hall–Kier alpha value is -1.26. The fraction of sp³-hybridized carbons (Fsp3) is 0.143. The van der Waals surface area contributed by atoms with E-state index >= 15 is 0 Å². The lowest BCUT2D eigenvalue weighted by Crippen LogP contribution is -1.95. The van der Waals surface area contributed by atoms with Crippen LogP contribution in [-0.2, 0) is 0 Å². The highest BCUT2D eigenvalue weighted by molar-refractivity contribution is 5.30. The summed E-state index contributed by atoms with van der Waals surface area (Å²) in [5.74, 6) is -3.60. The van der Waals surface area contributed by atoms with Crippen molar-refractivity contribution in [1.82, 2.24) is 0 Å².